The molecule has 1 amide bonds. The highest BCUT2D eigenvalue weighted by Crippen LogP contribution is 2.26. The summed E-state index contributed by atoms with van der Waals surface area (Å²) in [7, 11) is -1.62. The Kier molecular flexibility index (Phi) is 6.79. The number of benzene rings is 2. The molecule has 0 aliphatic carbocycles. The van der Waals surface area contributed by atoms with Crippen LogP contribution in [0.2, 0.25) is 0 Å². The summed E-state index contributed by atoms with van der Waals surface area (Å²) in [6, 6.07) is 14.9. The van der Waals surface area contributed by atoms with Gasteiger partial charge in [-0.05, 0) is 49.1 Å². The van der Waals surface area contributed by atoms with Crippen LogP contribution in [0.3, 0.4) is 0 Å². The van der Waals surface area contributed by atoms with E-state index in [4.69, 9.17) is 0 Å². The lowest BCUT2D eigenvalue weighted by Crippen LogP contribution is -2.28. The normalized spacial score (nSPS) is 14.1. The fourth-order valence-electron chi connectivity index (χ4n) is 3.67. The molecule has 2 aromatic rings. The quantitative estimate of drug-likeness (QED) is 0.714. The summed E-state index contributed by atoms with van der Waals surface area (Å²) < 4.78 is 26.6. The summed E-state index contributed by atoms with van der Waals surface area (Å²) in [5, 5.41) is 0. The maximum atomic E-state index is 13.0. The molecule has 1 fully saturated rings. The second-order valence-electron chi connectivity index (χ2n) is 7.49. The summed E-state index contributed by atoms with van der Waals surface area (Å²) in [6.07, 6.45) is 2.93. The number of carbonyl (C=O) groups is 1. The third-order valence-electron chi connectivity index (χ3n) is 5.05. The molecule has 1 aliphatic heterocycles. The molecule has 1 aliphatic rings. The van der Waals surface area contributed by atoms with Crippen molar-refractivity contribution in [2.24, 2.45) is 0 Å². The topological polar surface area (TPSA) is 69.7 Å². The lowest BCUT2D eigenvalue weighted by molar-refractivity contribution is 0.0785. The number of anilines is 2. The molecule has 1 saturated heterocycles. The van der Waals surface area contributed by atoms with Crippen molar-refractivity contribution >= 4 is 27.3 Å². The lowest BCUT2D eigenvalue weighted by Gasteiger charge is -2.24. The lowest BCUT2D eigenvalue weighted by atomic mass is 10.1. The van der Waals surface area contributed by atoms with Gasteiger partial charge in [-0.1, -0.05) is 31.2 Å². The average molecular weight is 416 g/mol. The molecule has 29 heavy (non-hydrogen) atoms. The standard InChI is InChI=1S/C22H29N3O3S/c1-3-15-29(27,28)23-20-11-8-10-18(16-20)22(26)24(2)17-19-9-4-5-12-21(19)25-13-6-7-14-25/h4-5,8-12,16,23H,3,6-7,13-15,17H2,1-2H3. The molecule has 7 heteroatoms. The molecule has 2 aromatic carbocycles. The number of nitrogens with zero attached hydrogens (tertiary/aromatic N) is 2. The van der Waals surface area contributed by atoms with Gasteiger partial charge < -0.3 is 9.80 Å². The van der Waals surface area contributed by atoms with Crippen molar-refractivity contribution in [3.05, 3.63) is 59.7 Å². The van der Waals surface area contributed by atoms with Crippen LogP contribution >= 0.6 is 0 Å². The van der Waals surface area contributed by atoms with Crippen molar-refractivity contribution < 1.29 is 13.2 Å². The van der Waals surface area contributed by atoms with Gasteiger partial charge in [0.05, 0.1) is 5.75 Å². The number of para-hydroxylation sites is 1. The first-order valence-electron chi connectivity index (χ1n) is 10.1. The first kappa shape index (κ1) is 21.2. The summed E-state index contributed by atoms with van der Waals surface area (Å²) in [6.45, 7) is 4.41. The van der Waals surface area contributed by atoms with Crippen LogP contribution in [0.25, 0.3) is 0 Å². The Hall–Kier alpha value is -2.54. The van der Waals surface area contributed by atoms with Gasteiger partial charge >= 0.3 is 0 Å². The third-order valence-corrected chi connectivity index (χ3v) is 6.54. The van der Waals surface area contributed by atoms with Crippen LogP contribution in [-0.2, 0) is 16.6 Å². The van der Waals surface area contributed by atoms with Gasteiger partial charge in [-0.3, -0.25) is 9.52 Å². The molecule has 0 spiro atoms. The molecule has 0 saturated carbocycles. The van der Waals surface area contributed by atoms with E-state index in [2.05, 4.69) is 21.8 Å². The Balaban J connectivity index is 1.74. The van der Waals surface area contributed by atoms with Gasteiger partial charge in [0.2, 0.25) is 10.0 Å². The van der Waals surface area contributed by atoms with Gasteiger partial charge in [-0.15, -0.1) is 0 Å². The fraction of sp³-hybridized carbons (Fsp3) is 0.409. The number of nitrogens with one attached hydrogen (secondary N) is 1. The van der Waals surface area contributed by atoms with Gasteiger partial charge in [-0.25, -0.2) is 8.42 Å². The van der Waals surface area contributed by atoms with Crippen LogP contribution in [0.15, 0.2) is 48.5 Å². The number of rotatable bonds is 8. The van der Waals surface area contributed by atoms with E-state index in [1.165, 1.54) is 18.5 Å². The fourth-order valence-corrected chi connectivity index (χ4v) is 4.80. The molecule has 3 rings (SSSR count). The second-order valence-corrected chi connectivity index (χ2v) is 9.33. The predicted octanol–water partition coefficient (Wildman–Crippen LogP) is 3.71. The van der Waals surface area contributed by atoms with E-state index in [1.807, 2.05) is 19.1 Å². The molecule has 0 aromatic heterocycles. The van der Waals surface area contributed by atoms with Crippen LogP contribution in [0, 0.1) is 0 Å². The summed E-state index contributed by atoms with van der Waals surface area (Å²) in [5.41, 5.74) is 3.17. The Morgan fingerprint density at radius 2 is 1.83 bits per heavy atom. The molecule has 0 unspecified atom stereocenters. The monoisotopic (exact) mass is 415 g/mol. The molecule has 1 N–H and O–H groups in total. The molecule has 6 nitrogen and oxygen atoms in total. The summed E-state index contributed by atoms with van der Waals surface area (Å²) in [5.74, 6) is -0.0870. The zero-order chi connectivity index (χ0) is 20.9. The Morgan fingerprint density at radius 1 is 1.10 bits per heavy atom. The highest BCUT2D eigenvalue weighted by Gasteiger charge is 2.19. The maximum Gasteiger partial charge on any atom is 0.253 e. The highest BCUT2D eigenvalue weighted by molar-refractivity contribution is 7.92. The number of hydrogen-bond donors (Lipinski definition) is 1. The Bertz CT molecular complexity index is 953. The predicted molar refractivity (Wildman–Crippen MR) is 118 cm³/mol. The van der Waals surface area contributed by atoms with Crippen molar-refractivity contribution in [3.8, 4) is 0 Å². The molecular formula is C22H29N3O3S. The maximum absolute atomic E-state index is 13.0. The van der Waals surface area contributed by atoms with Crippen LogP contribution in [0.1, 0.15) is 42.1 Å². The average Bonchev–Trinajstić information content (AvgIpc) is 3.22. The largest absolute Gasteiger partial charge is 0.371 e. The van der Waals surface area contributed by atoms with Crippen molar-refractivity contribution in [1.29, 1.82) is 0 Å². The van der Waals surface area contributed by atoms with Crippen molar-refractivity contribution in [2.75, 3.05) is 35.5 Å². The molecule has 0 radical (unpaired) electrons. The van der Waals surface area contributed by atoms with E-state index in [0.717, 1.165) is 18.7 Å². The van der Waals surface area contributed by atoms with Crippen LogP contribution in [-0.4, -0.2) is 45.1 Å². The number of amides is 1. The SMILES string of the molecule is CCCS(=O)(=O)Nc1cccc(C(=O)N(C)Cc2ccccc2N2CCCC2)c1. The van der Waals surface area contributed by atoms with E-state index in [1.54, 1.807) is 36.2 Å². The van der Waals surface area contributed by atoms with Crippen molar-refractivity contribution in [3.63, 3.8) is 0 Å². The number of hydrogen-bond acceptors (Lipinski definition) is 4. The second kappa shape index (κ2) is 9.31. The molecule has 0 bridgehead atoms. The first-order chi connectivity index (χ1) is 13.9. The first-order valence-corrected chi connectivity index (χ1v) is 11.7. The van der Waals surface area contributed by atoms with E-state index >= 15 is 0 Å². The summed E-state index contributed by atoms with van der Waals surface area (Å²) in [4.78, 5) is 17.0. The molecule has 1 heterocycles. The van der Waals surface area contributed by atoms with E-state index in [0.29, 0.717) is 24.2 Å². The van der Waals surface area contributed by atoms with Gasteiger partial charge in [0, 0.05) is 43.6 Å². The number of carbonyl (C=O) groups excluding carboxylic acids is 1. The minimum Gasteiger partial charge on any atom is -0.371 e. The van der Waals surface area contributed by atoms with Gasteiger partial charge in [0.1, 0.15) is 0 Å². The molecular weight excluding hydrogens is 386 g/mol. The Labute approximate surface area is 173 Å². The van der Waals surface area contributed by atoms with Crippen LogP contribution in [0.5, 0.6) is 0 Å². The van der Waals surface area contributed by atoms with Crippen molar-refractivity contribution in [2.45, 2.75) is 32.7 Å². The number of sulfonamides is 1. The summed E-state index contributed by atoms with van der Waals surface area (Å²) >= 11 is 0. The molecule has 156 valence electrons. The molecule has 0 atom stereocenters. The zero-order valence-corrected chi connectivity index (χ0v) is 17.9. The van der Waals surface area contributed by atoms with Gasteiger partial charge in [0.15, 0.2) is 0 Å². The highest BCUT2D eigenvalue weighted by atomic mass is 32.2. The van der Waals surface area contributed by atoms with Gasteiger partial charge in [-0.2, -0.15) is 0 Å². The van der Waals surface area contributed by atoms with Gasteiger partial charge in [0.25, 0.3) is 5.91 Å². The minimum atomic E-state index is -3.39. The van der Waals surface area contributed by atoms with E-state index in [-0.39, 0.29) is 11.7 Å². The van der Waals surface area contributed by atoms with Crippen molar-refractivity contribution in [1.82, 2.24) is 4.90 Å². The Morgan fingerprint density at radius 3 is 2.55 bits per heavy atom. The van der Waals surface area contributed by atoms with E-state index < -0.39 is 10.0 Å². The van der Waals surface area contributed by atoms with Crippen LogP contribution < -0.4 is 9.62 Å². The van der Waals surface area contributed by atoms with E-state index in [9.17, 15) is 13.2 Å². The smallest absolute Gasteiger partial charge is 0.253 e. The minimum absolute atomic E-state index is 0.0539. The zero-order valence-electron chi connectivity index (χ0n) is 17.1. The van der Waals surface area contributed by atoms with Crippen LogP contribution in [0.4, 0.5) is 11.4 Å². The third kappa shape index (κ3) is 5.50.